The van der Waals surface area contributed by atoms with Crippen LogP contribution in [0, 0.1) is 12.1 Å². The van der Waals surface area contributed by atoms with Crippen molar-refractivity contribution in [2.45, 2.75) is 0 Å². The van der Waals surface area contributed by atoms with E-state index in [2.05, 4.69) is 167 Å². The summed E-state index contributed by atoms with van der Waals surface area (Å²) in [4.78, 5) is 22.9. The van der Waals surface area contributed by atoms with Crippen molar-refractivity contribution >= 4 is 74.1 Å². The van der Waals surface area contributed by atoms with E-state index in [0.29, 0.717) is 17.5 Å². The Morgan fingerprint density at radius 2 is 0.927 bits per heavy atom. The number of hydrogen-bond acceptors (Lipinski definition) is 10. The number of anilines is 6. The zero-order valence-corrected chi connectivity index (χ0v) is 49.8. The van der Waals surface area contributed by atoms with Gasteiger partial charge in [-0.15, -0.1) is 53.6 Å². The normalized spacial score (nSPS) is 11.6. The van der Waals surface area contributed by atoms with Crippen LogP contribution in [0.1, 0.15) is 0 Å². The SMILES string of the molecule is [Cl][Pt+].[Cl][Pt+].[c-]1c(-c2cc(-c3ccc(-c4ccccc4)cc3)ccn2)ccc2c1N(c1nc3ccccc3s1)c1ccccc1O2.[c-]1c(-c2cc(-c3ccc(-c4ccccc4)cc3)ccn2)cccc1N1c2ccccc2Oc2ocnc21. The van der Waals surface area contributed by atoms with Gasteiger partial charge in [0.2, 0.25) is 5.82 Å². The largest absolute Gasteiger partial charge is 0.497 e. The van der Waals surface area contributed by atoms with E-state index in [0.717, 1.165) is 94.4 Å². The number of fused-ring (bicyclic) bond motifs is 5. The summed E-state index contributed by atoms with van der Waals surface area (Å²) in [5.74, 6) is 3.17. The number of aromatic nitrogens is 4. The molecule has 0 bridgehead atoms. The number of para-hydroxylation sites is 5. The molecule has 0 fully saturated rings. The molecule has 0 spiro atoms. The van der Waals surface area contributed by atoms with Gasteiger partial charge in [-0.25, -0.2) is 4.98 Å². The number of rotatable bonds is 8. The van der Waals surface area contributed by atoms with Crippen LogP contribution in [-0.4, -0.2) is 19.9 Å². The molecule has 0 atom stereocenters. The molecule has 0 amide bonds. The molecule has 82 heavy (non-hydrogen) atoms. The van der Waals surface area contributed by atoms with Crippen LogP contribution in [-0.2, 0) is 37.5 Å². The number of ether oxygens (including phenoxy) is 2. The first-order valence-corrected chi connectivity index (χ1v) is 32.1. The molecule has 402 valence electrons. The molecule has 0 aliphatic carbocycles. The summed E-state index contributed by atoms with van der Waals surface area (Å²) < 4.78 is 18.8. The first-order chi connectivity index (χ1) is 40.6. The topological polar surface area (TPSA) is 89.6 Å². The Balaban J connectivity index is 0.000000154. The van der Waals surface area contributed by atoms with Crippen molar-refractivity contribution in [1.82, 2.24) is 19.9 Å². The Kier molecular flexibility index (Phi) is 16.6. The third kappa shape index (κ3) is 11.3. The van der Waals surface area contributed by atoms with E-state index in [1.807, 2.05) is 133 Å². The van der Waals surface area contributed by atoms with Crippen LogP contribution in [0.4, 0.5) is 33.7 Å². The van der Waals surface area contributed by atoms with Gasteiger partial charge in [0.15, 0.2) is 17.3 Å². The summed E-state index contributed by atoms with van der Waals surface area (Å²) in [6, 6.07) is 87.7. The number of hydrogen-bond donors (Lipinski definition) is 0. The van der Waals surface area contributed by atoms with E-state index in [9.17, 15) is 0 Å². The van der Waals surface area contributed by atoms with E-state index < -0.39 is 0 Å². The molecule has 0 saturated heterocycles. The summed E-state index contributed by atoms with van der Waals surface area (Å²) in [7, 11) is 9.22. The summed E-state index contributed by atoms with van der Waals surface area (Å²) >= 11 is 4.88. The second kappa shape index (κ2) is 25.1. The van der Waals surface area contributed by atoms with Crippen LogP contribution in [0.2, 0.25) is 0 Å². The van der Waals surface area contributed by atoms with E-state index in [1.54, 1.807) is 48.9 Å². The zero-order valence-electron chi connectivity index (χ0n) is 43.0. The summed E-state index contributed by atoms with van der Waals surface area (Å²) in [5, 5.41) is 0.872. The van der Waals surface area contributed by atoms with Gasteiger partial charge in [0.25, 0.3) is 0 Å². The van der Waals surface area contributed by atoms with Gasteiger partial charge >= 0.3 is 62.3 Å². The molecular weight excluding hydrogens is 1440 g/mol. The van der Waals surface area contributed by atoms with Crippen LogP contribution in [0.25, 0.3) is 77.2 Å². The second-order valence-electron chi connectivity index (χ2n) is 18.5. The van der Waals surface area contributed by atoms with Crippen molar-refractivity contribution in [1.29, 1.82) is 0 Å². The standard InChI is InChI=1S/C36H22N3OS.C32H20N3O2.2ClH.2Pt/c1-2-8-24(9-3-1)25-14-16-26(17-15-25)27-20-21-37-30(22-27)28-18-19-34-32(23-28)39(31-11-5-6-12-33(31)40-34)36-38-29-10-4-7-13-35(29)41-36;1-2-7-22(8-3-1)23-13-15-24(16-14-23)25-17-18-33-28(20-25)26-9-6-10-27(19-26)35-29-11-4-5-12-30(29)37-32-31(35)34-21-36-32;;;;/h1-22H;1-18,20-21H;2*1H;;/q2*-1;;;2*+2/p-2. The van der Waals surface area contributed by atoms with Crippen molar-refractivity contribution in [2.75, 3.05) is 9.80 Å². The average molecular weight is 1480 g/mol. The van der Waals surface area contributed by atoms with Crippen LogP contribution in [0.15, 0.2) is 260 Å². The van der Waals surface area contributed by atoms with Crippen LogP contribution >= 0.6 is 30.2 Å². The monoisotopic (exact) mass is 1480 g/mol. The number of nitrogens with zero attached hydrogens (tertiary/aromatic N) is 6. The van der Waals surface area contributed by atoms with E-state index >= 15 is 0 Å². The zero-order chi connectivity index (χ0) is 55.8. The van der Waals surface area contributed by atoms with Gasteiger partial charge < -0.3 is 28.8 Å². The molecule has 0 radical (unpaired) electrons. The van der Waals surface area contributed by atoms with Crippen LogP contribution < -0.4 is 19.3 Å². The van der Waals surface area contributed by atoms with Gasteiger partial charge in [0.05, 0.1) is 27.3 Å². The molecule has 4 aromatic heterocycles. The molecule has 9 nitrogen and oxygen atoms in total. The third-order valence-corrected chi connectivity index (χ3v) is 14.7. The molecular formula is C68H42Cl2N6O3Pt2S. The van der Waals surface area contributed by atoms with Gasteiger partial charge in [0.1, 0.15) is 5.75 Å². The first-order valence-electron chi connectivity index (χ1n) is 25.6. The number of benzene rings is 9. The van der Waals surface area contributed by atoms with Crippen molar-refractivity contribution in [3.8, 4) is 90.2 Å². The maximum Gasteiger partial charge on any atom is 0.336 e. The van der Waals surface area contributed by atoms with Gasteiger partial charge in [-0.1, -0.05) is 169 Å². The Labute approximate surface area is 508 Å². The fourth-order valence-electron chi connectivity index (χ4n) is 9.85. The predicted molar refractivity (Wildman–Crippen MR) is 323 cm³/mol. The number of halogens is 2. The summed E-state index contributed by atoms with van der Waals surface area (Å²) in [5.41, 5.74) is 17.2. The second-order valence-corrected chi connectivity index (χ2v) is 19.5. The molecule has 0 unspecified atom stereocenters. The Morgan fingerprint density at radius 1 is 0.415 bits per heavy atom. The number of pyridine rings is 2. The summed E-state index contributed by atoms with van der Waals surface area (Å²) in [6.07, 6.45) is 5.09. The minimum Gasteiger partial charge on any atom is -0.497 e. The maximum atomic E-state index is 6.32. The quantitative estimate of drug-likeness (QED) is 0.138. The molecule has 9 aromatic carbocycles. The van der Waals surface area contributed by atoms with E-state index in [-0.39, 0.29) is 0 Å². The fraction of sp³-hybridized carbons (Fsp3) is 0. The predicted octanol–water partition coefficient (Wildman–Crippen LogP) is 19.9. The van der Waals surface area contributed by atoms with Gasteiger partial charge in [-0.05, 0) is 110 Å². The Morgan fingerprint density at radius 3 is 1.54 bits per heavy atom. The summed E-state index contributed by atoms with van der Waals surface area (Å²) in [6.45, 7) is 0. The van der Waals surface area contributed by atoms with Crippen molar-refractivity contribution in [2.24, 2.45) is 0 Å². The first kappa shape index (κ1) is 54.1. The average Bonchev–Trinajstić information content (AvgIpc) is 4.31. The van der Waals surface area contributed by atoms with E-state index in [1.165, 1.54) is 28.6 Å². The molecule has 2 aliphatic heterocycles. The maximum absolute atomic E-state index is 6.32. The van der Waals surface area contributed by atoms with Crippen LogP contribution in [0.3, 0.4) is 0 Å². The van der Waals surface area contributed by atoms with Crippen molar-refractivity contribution in [3.05, 3.63) is 268 Å². The molecule has 2 aliphatic rings. The fourth-order valence-corrected chi connectivity index (χ4v) is 10.8. The molecule has 15 rings (SSSR count). The van der Waals surface area contributed by atoms with Crippen molar-refractivity contribution in [3.63, 3.8) is 0 Å². The van der Waals surface area contributed by atoms with E-state index in [4.69, 9.17) is 23.9 Å². The Hall–Kier alpha value is -8.46. The molecule has 0 saturated carbocycles. The van der Waals surface area contributed by atoms with Gasteiger partial charge in [0, 0.05) is 18.1 Å². The van der Waals surface area contributed by atoms with Crippen molar-refractivity contribution < 1.29 is 51.4 Å². The number of thiazole rings is 1. The molecule has 6 heterocycles. The molecule has 0 N–H and O–H groups in total. The van der Waals surface area contributed by atoms with Crippen LogP contribution in [0.5, 0.6) is 23.2 Å². The minimum atomic E-state index is 0.358. The molecule has 14 heteroatoms. The smallest absolute Gasteiger partial charge is 0.336 e. The number of oxazole rings is 1. The minimum absolute atomic E-state index is 0.358. The Bertz CT molecular complexity index is 4290. The van der Waals surface area contributed by atoms with Gasteiger partial charge in [-0.2, -0.15) is 4.98 Å². The molecule has 13 aromatic rings. The third-order valence-electron chi connectivity index (χ3n) is 13.7. The van der Waals surface area contributed by atoms with Gasteiger partial charge in [-0.3, -0.25) is 4.90 Å².